The third kappa shape index (κ3) is 5.57. The lowest BCUT2D eigenvalue weighted by atomic mass is 9.77. The van der Waals surface area contributed by atoms with Crippen LogP contribution < -0.4 is 9.47 Å². The molecule has 220 valence electrons. The maximum absolute atomic E-state index is 14.7. The van der Waals surface area contributed by atoms with Gasteiger partial charge in [0.1, 0.15) is 18.3 Å². The number of aryl methyl sites for hydroxylation is 1. The van der Waals surface area contributed by atoms with Crippen LogP contribution in [0.5, 0.6) is 11.6 Å². The zero-order chi connectivity index (χ0) is 30.1. The van der Waals surface area contributed by atoms with Gasteiger partial charge in [-0.15, -0.1) is 0 Å². The normalized spacial score (nSPS) is 22.4. The summed E-state index contributed by atoms with van der Waals surface area (Å²) in [7, 11) is 1.09. The van der Waals surface area contributed by atoms with Crippen molar-refractivity contribution in [2.45, 2.75) is 58.1 Å². The molecule has 41 heavy (non-hydrogen) atoms. The fourth-order valence-electron chi connectivity index (χ4n) is 5.00. The molecule has 0 aliphatic carbocycles. The highest BCUT2D eigenvalue weighted by molar-refractivity contribution is 5.93. The molecule has 4 rings (SSSR count). The van der Waals surface area contributed by atoms with Gasteiger partial charge >= 0.3 is 12.1 Å². The van der Waals surface area contributed by atoms with Crippen LogP contribution in [0.25, 0.3) is 0 Å². The lowest BCUT2D eigenvalue weighted by Gasteiger charge is -2.32. The van der Waals surface area contributed by atoms with Gasteiger partial charge in [-0.1, -0.05) is 43.3 Å². The van der Waals surface area contributed by atoms with Gasteiger partial charge in [0.15, 0.2) is 23.0 Å². The number of halogens is 5. The van der Waals surface area contributed by atoms with Gasteiger partial charge in [-0.2, -0.15) is 22.5 Å². The van der Waals surface area contributed by atoms with E-state index in [1.165, 1.54) is 13.8 Å². The number of aromatic nitrogens is 2. The quantitative estimate of drug-likeness (QED) is 0.218. The van der Waals surface area contributed by atoms with Crippen molar-refractivity contribution >= 4 is 5.97 Å². The first-order chi connectivity index (χ1) is 19.3. The molecule has 3 aromatic rings. The third-order valence-electron chi connectivity index (χ3n) is 7.34. The van der Waals surface area contributed by atoms with E-state index < -0.39 is 53.1 Å². The average Bonchev–Trinajstić information content (AvgIpc) is 3.20. The Morgan fingerprint density at radius 2 is 1.78 bits per heavy atom. The summed E-state index contributed by atoms with van der Waals surface area (Å²) in [6.45, 7) is 5.27. The van der Waals surface area contributed by atoms with Crippen LogP contribution in [-0.2, 0) is 16.1 Å². The first-order valence-electron chi connectivity index (χ1n) is 12.8. The van der Waals surface area contributed by atoms with Crippen molar-refractivity contribution in [3.63, 3.8) is 0 Å². The van der Waals surface area contributed by atoms with Gasteiger partial charge in [0.05, 0.1) is 19.4 Å². The van der Waals surface area contributed by atoms with E-state index in [-0.39, 0.29) is 41.7 Å². The van der Waals surface area contributed by atoms with Crippen molar-refractivity contribution in [1.29, 1.82) is 0 Å². The van der Waals surface area contributed by atoms with Gasteiger partial charge in [0.2, 0.25) is 11.7 Å². The molecule has 7 nitrogen and oxygen atoms in total. The van der Waals surface area contributed by atoms with Gasteiger partial charge in [-0.25, -0.2) is 14.2 Å². The fourth-order valence-corrected chi connectivity index (χ4v) is 5.00. The number of nitrogens with zero attached hydrogens (tertiary/aromatic N) is 2. The summed E-state index contributed by atoms with van der Waals surface area (Å²) in [6.07, 6.45) is -6.36. The first kappa shape index (κ1) is 30.2. The molecular weight excluding hydrogens is 551 g/mol. The molecule has 4 atom stereocenters. The number of ether oxygens (including phenoxy) is 4. The fraction of sp³-hybridized carbons (Fsp3) is 0.414. The molecule has 1 aliphatic heterocycles. The minimum absolute atomic E-state index is 0.0221. The van der Waals surface area contributed by atoms with E-state index in [9.17, 15) is 26.7 Å². The molecule has 1 saturated heterocycles. The minimum atomic E-state index is -4.85. The second kappa shape index (κ2) is 11.6. The van der Waals surface area contributed by atoms with Crippen molar-refractivity contribution < 1.29 is 45.7 Å². The Labute approximate surface area is 233 Å². The molecule has 2 heterocycles. The summed E-state index contributed by atoms with van der Waals surface area (Å²) in [5.41, 5.74) is -2.07. The van der Waals surface area contributed by atoms with Crippen molar-refractivity contribution in [1.82, 2.24) is 9.97 Å². The molecular formula is C29H29F5N2O5. The molecule has 0 N–H and O–H groups in total. The largest absolute Gasteiger partial charge is 0.493 e. The maximum Gasteiger partial charge on any atom is 0.417 e. The summed E-state index contributed by atoms with van der Waals surface area (Å²) < 4.78 is 93.8. The number of carbonyl (C=O) groups excluding carboxylic acids is 1. The van der Waals surface area contributed by atoms with Crippen LogP contribution in [0.2, 0.25) is 0 Å². The lowest BCUT2D eigenvalue weighted by molar-refractivity contribution is -0.275. The number of alkyl halides is 3. The molecule has 0 radical (unpaired) electrons. The van der Waals surface area contributed by atoms with E-state index in [4.69, 9.17) is 18.9 Å². The van der Waals surface area contributed by atoms with Gasteiger partial charge in [-0.05, 0) is 32.4 Å². The number of methoxy groups -OCH3 is 1. The molecule has 1 fully saturated rings. The molecule has 12 heteroatoms. The van der Waals surface area contributed by atoms with Crippen LogP contribution in [0.1, 0.15) is 65.8 Å². The zero-order valence-corrected chi connectivity index (χ0v) is 23.0. The highest BCUT2D eigenvalue weighted by Crippen LogP contribution is 2.59. The highest BCUT2D eigenvalue weighted by Gasteiger charge is 2.65. The van der Waals surface area contributed by atoms with E-state index in [1.54, 1.807) is 31.2 Å². The Bertz CT molecular complexity index is 1420. The van der Waals surface area contributed by atoms with Crippen LogP contribution in [0.15, 0.2) is 42.5 Å². The predicted molar refractivity (Wildman–Crippen MR) is 137 cm³/mol. The molecule has 0 amide bonds. The second-order valence-corrected chi connectivity index (χ2v) is 9.78. The number of hydrogen-bond acceptors (Lipinski definition) is 7. The number of rotatable bonds is 8. The molecule has 1 aliphatic rings. The summed E-state index contributed by atoms with van der Waals surface area (Å²) in [5.74, 6) is -6.93. The van der Waals surface area contributed by atoms with Crippen LogP contribution >= 0.6 is 0 Å². The zero-order valence-electron chi connectivity index (χ0n) is 23.0. The van der Waals surface area contributed by atoms with Crippen molar-refractivity contribution in [3.8, 4) is 11.6 Å². The van der Waals surface area contributed by atoms with Crippen LogP contribution in [0.4, 0.5) is 22.0 Å². The Hall–Kier alpha value is -3.80. The SMILES string of the molecule is CCOC(=O)c1c(C)nc([C@@H]2O[C@@](C)(C(F)(F)F)[C@@H](C)[C@H]2c2ccc(F)c(F)c2OC)nc1OCc1ccccc1. The van der Waals surface area contributed by atoms with Gasteiger partial charge < -0.3 is 18.9 Å². The first-order valence-corrected chi connectivity index (χ1v) is 12.8. The second-order valence-electron chi connectivity index (χ2n) is 9.78. The van der Waals surface area contributed by atoms with Gasteiger partial charge in [-0.3, -0.25) is 0 Å². The predicted octanol–water partition coefficient (Wildman–Crippen LogP) is 6.64. The summed E-state index contributed by atoms with van der Waals surface area (Å²) in [5, 5.41) is 0. The molecule has 0 saturated carbocycles. The van der Waals surface area contributed by atoms with E-state index in [2.05, 4.69) is 9.97 Å². The smallest absolute Gasteiger partial charge is 0.417 e. The van der Waals surface area contributed by atoms with Crippen LogP contribution in [-0.4, -0.2) is 41.4 Å². The number of hydrogen-bond donors (Lipinski definition) is 0. The summed E-state index contributed by atoms with van der Waals surface area (Å²) in [4.78, 5) is 21.5. The molecule has 2 aromatic carbocycles. The summed E-state index contributed by atoms with van der Waals surface area (Å²) in [6, 6.07) is 10.9. The number of carbonyl (C=O) groups is 1. The lowest BCUT2D eigenvalue weighted by Crippen LogP contribution is -2.46. The van der Waals surface area contributed by atoms with Gasteiger partial charge in [0.25, 0.3) is 0 Å². The van der Waals surface area contributed by atoms with Crippen molar-refractivity contribution in [2.24, 2.45) is 5.92 Å². The average molecular weight is 581 g/mol. The van der Waals surface area contributed by atoms with E-state index >= 15 is 0 Å². The monoisotopic (exact) mass is 580 g/mol. The number of esters is 1. The van der Waals surface area contributed by atoms with E-state index in [0.29, 0.717) is 0 Å². The Balaban J connectivity index is 1.89. The van der Waals surface area contributed by atoms with Crippen molar-refractivity contribution in [3.05, 3.63) is 82.3 Å². The van der Waals surface area contributed by atoms with Gasteiger partial charge in [0, 0.05) is 17.4 Å². The Morgan fingerprint density at radius 3 is 2.39 bits per heavy atom. The minimum Gasteiger partial charge on any atom is -0.493 e. The molecule has 0 unspecified atom stereocenters. The van der Waals surface area contributed by atoms with Crippen LogP contribution in [0, 0.1) is 24.5 Å². The van der Waals surface area contributed by atoms with Crippen LogP contribution in [0.3, 0.4) is 0 Å². The van der Waals surface area contributed by atoms with Crippen molar-refractivity contribution in [2.75, 3.05) is 13.7 Å². The Morgan fingerprint density at radius 1 is 1.10 bits per heavy atom. The third-order valence-corrected chi connectivity index (χ3v) is 7.34. The van der Waals surface area contributed by atoms with E-state index in [0.717, 1.165) is 31.7 Å². The molecule has 1 aromatic heterocycles. The standard InChI is InChI=1S/C29H29F5N2O5/c1-6-39-27(37)21-16(3)35-25(36-26(21)40-14-17-10-8-7-9-11-17)24-20(15(2)28(4,41-24)29(32,33)34)18-12-13-19(30)22(31)23(18)38-5/h7-13,15,20,24H,6,14H2,1-5H3/t15-,20-,24+,28+/m0/s1. The summed E-state index contributed by atoms with van der Waals surface area (Å²) >= 11 is 0. The van der Waals surface area contributed by atoms with E-state index in [1.807, 2.05) is 6.07 Å². The number of benzene rings is 2. The molecule has 0 bridgehead atoms. The maximum atomic E-state index is 14.7. The highest BCUT2D eigenvalue weighted by atomic mass is 19.4. The molecule has 0 spiro atoms. The Kier molecular flexibility index (Phi) is 8.53. The topological polar surface area (TPSA) is 79.8 Å².